The van der Waals surface area contributed by atoms with Gasteiger partial charge < -0.3 is 9.64 Å². The molecule has 2 rings (SSSR count). The summed E-state index contributed by atoms with van der Waals surface area (Å²) in [6, 6.07) is 13.6. The van der Waals surface area contributed by atoms with E-state index in [1.54, 1.807) is 4.90 Å². The number of rotatable bonds is 4. The van der Waals surface area contributed by atoms with Crippen LogP contribution in [0.5, 0.6) is 0 Å². The van der Waals surface area contributed by atoms with Crippen molar-refractivity contribution in [1.29, 1.82) is 10.5 Å². The summed E-state index contributed by atoms with van der Waals surface area (Å²) in [5.74, 6) is 0. The van der Waals surface area contributed by atoms with Gasteiger partial charge in [-0.15, -0.1) is 0 Å². The van der Waals surface area contributed by atoms with Gasteiger partial charge in [-0.05, 0) is 13.8 Å². The predicted octanol–water partition coefficient (Wildman–Crippen LogP) is 2.43. The van der Waals surface area contributed by atoms with Crippen molar-refractivity contribution >= 4 is 5.71 Å². The number of allylic oxidation sites excluding steroid dienone is 2. The fraction of sp³-hybridized carbons (Fsp3) is 0.312. The Hall–Kier alpha value is -2.63. The molecule has 106 valence electrons. The second-order valence-electron chi connectivity index (χ2n) is 4.38. The molecule has 0 radical (unpaired) electrons. The molecule has 1 aromatic carbocycles. The van der Waals surface area contributed by atoms with Crippen LogP contribution in [0.25, 0.3) is 0 Å². The minimum atomic E-state index is -0.450. The van der Waals surface area contributed by atoms with Crippen LogP contribution in [0.15, 0.2) is 46.7 Å². The van der Waals surface area contributed by atoms with Gasteiger partial charge in [0.25, 0.3) is 0 Å². The molecule has 0 aromatic heterocycles. The van der Waals surface area contributed by atoms with E-state index in [4.69, 9.17) is 4.74 Å². The summed E-state index contributed by atoms with van der Waals surface area (Å²) in [6.45, 7) is 4.87. The molecule has 0 bridgehead atoms. The van der Waals surface area contributed by atoms with Crippen LogP contribution >= 0.6 is 0 Å². The molecule has 1 unspecified atom stereocenters. The van der Waals surface area contributed by atoms with E-state index in [-0.39, 0.29) is 11.4 Å². The molecule has 1 aromatic rings. The van der Waals surface area contributed by atoms with Gasteiger partial charge in [0.1, 0.15) is 12.1 Å². The van der Waals surface area contributed by atoms with Crippen molar-refractivity contribution in [1.82, 2.24) is 4.90 Å². The van der Waals surface area contributed by atoms with Crippen LogP contribution in [-0.4, -0.2) is 30.0 Å². The van der Waals surface area contributed by atoms with E-state index in [1.165, 1.54) is 0 Å². The van der Waals surface area contributed by atoms with Crippen LogP contribution in [0.1, 0.15) is 19.4 Å². The molecule has 0 saturated carbocycles. The summed E-state index contributed by atoms with van der Waals surface area (Å²) in [7, 11) is 0. The third kappa shape index (κ3) is 2.79. The molecule has 1 aliphatic rings. The average Bonchev–Trinajstić information content (AvgIpc) is 2.55. The van der Waals surface area contributed by atoms with Crippen LogP contribution < -0.4 is 0 Å². The Labute approximate surface area is 124 Å². The molecule has 0 N–H and O–H groups in total. The fourth-order valence-electron chi connectivity index (χ4n) is 2.29. The largest absolute Gasteiger partial charge is 0.353 e. The molecule has 1 heterocycles. The van der Waals surface area contributed by atoms with Gasteiger partial charge in [0.2, 0.25) is 0 Å². The molecule has 0 fully saturated rings. The Morgan fingerprint density at radius 2 is 1.90 bits per heavy atom. The van der Waals surface area contributed by atoms with Gasteiger partial charge in [-0.25, -0.2) is 4.99 Å². The highest BCUT2D eigenvalue weighted by Crippen LogP contribution is 2.25. The second kappa shape index (κ2) is 6.69. The van der Waals surface area contributed by atoms with E-state index in [1.807, 2.05) is 50.2 Å². The average molecular weight is 280 g/mol. The van der Waals surface area contributed by atoms with Crippen molar-refractivity contribution in [3.8, 4) is 12.1 Å². The summed E-state index contributed by atoms with van der Waals surface area (Å²) in [5, 5.41) is 18.6. The van der Waals surface area contributed by atoms with Crippen LogP contribution in [0.3, 0.4) is 0 Å². The van der Waals surface area contributed by atoms with Gasteiger partial charge in [-0.2, -0.15) is 10.5 Å². The highest BCUT2D eigenvalue weighted by molar-refractivity contribution is 6.05. The summed E-state index contributed by atoms with van der Waals surface area (Å²) >= 11 is 0. The number of hydrogen-bond donors (Lipinski definition) is 0. The first-order valence-corrected chi connectivity index (χ1v) is 6.83. The van der Waals surface area contributed by atoms with Crippen LogP contribution in [0.4, 0.5) is 0 Å². The van der Waals surface area contributed by atoms with E-state index in [9.17, 15) is 10.5 Å². The van der Waals surface area contributed by atoms with Crippen molar-refractivity contribution < 1.29 is 4.74 Å². The number of benzene rings is 1. The van der Waals surface area contributed by atoms with Crippen molar-refractivity contribution in [2.75, 3.05) is 13.2 Å². The van der Waals surface area contributed by atoms with E-state index >= 15 is 0 Å². The first-order chi connectivity index (χ1) is 10.3. The summed E-state index contributed by atoms with van der Waals surface area (Å²) in [5.41, 5.74) is 1.95. The quantitative estimate of drug-likeness (QED) is 0.849. The first kappa shape index (κ1) is 14.8. The Morgan fingerprint density at radius 3 is 2.43 bits per heavy atom. The van der Waals surface area contributed by atoms with Crippen LogP contribution in [0, 0.1) is 22.7 Å². The van der Waals surface area contributed by atoms with Crippen molar-refractivity contribution in [2.45, 2.75) is 20.1 Å². The van der Waals surface area contributed by atoms with E-state index < -0.39 is 6.23 Å². The maximum Gasteiger partial charge on any atom is 0.175 e. The number of likely N-dealkylation sites (N-methyl/N-ethyl adjacent to an activating group) is 1. The van der Waals surface area contributed by atoms with Crippen molar-refractivity contribution in [3.05, 3.63) is 47.3 Å². The van der Waals surface area contributed by atoms with E-state index in [0.29, 0.717) is 18.9 Å². The number of ether oxygens (including phenoxy) is 1. The normalized spacial score (nSPS) is 18.0. The summed E-state index contributed by atoms with van der Waals surface area (Å²) in [4.78, 5) is 6.14. The van der Waals surface area contributed by atoms with Gasteiger partial charge in [0, 0.05) is 18.7 Å². The fourth-order valence-corrected chi connectivity index (χ4v) is 2.29. The predicted molar refractivity (Wildman–Crippen MR) is 79.0 cm³/mol. The van der Waals surface area contributed by atoms with E-state index in [0.717, 1.165) is 5.56 Å². The zero-order valence-electron chi connectivity index (χ0n) is 12.1. The highest BCUT2D eigenvalue weighted by Gasteiger charge is 2.32. The molecule has 0 aliphatic carbocycles. The maximum absolute atomic E-state index is 9.31. The second-order valence-corrected chi connectivity index (χ2v) is 4.38. The molecule has 5 heteroatoms. The summed E-state index contributed by atoms with van der Waals surface area (Å²) in [6.07, 6.45) is -0.450. The summed E-state index contributed by atoms with van der Waals surface area (Å²) < 4.78 is 5.78. The lowest BCUT2D eigenvalue weighted by Gasteiger charge is -2.35. The number of hydrogen-bond acceptors (Lipinski definition) is 5. The minimum absolute atomic E-state index is 0.133. The Balaban J connectivity index is 2.59. The number of nitriles is 2. The van der Waals surface area contributed by atoms with Crippen LogP contribution in [0.2, 0.25) is 0 Å². The molecule has 0 amide bonds. The third-order valence-corrected chi connectivity index (χ3v) is 3.21. The van der Waals surface area contributed by atoms with Gasteiger partial charge in [-0.3, -0.25) is 0 Å². The SMILES string of the molecule is CCOC1C(c2ccccc2)=NC(C#N)=C(C#N)N1CC. The van der Waals surface area contributed by atoms with Gasteiger partial charge in [0.05, 0.1) is 5.71 Å². The monoisotopic (exact) mass is 280 g/mol. The van der Waals surface area contributed by atoms with Crippen LogP contribution in [-0.2, 0) is 4.74 Å². The highest BCUT2D eigenvalue weighted by atomic mass is 16.5. The molecule has 1 aliphatic heterocycles. The maximum atomic E-state index is 9.31. The first-order valence-electron chi connectivity index (χ1n) is 6.83. The standard InChI is InChI=1S/C16H16N4O/c1-3-20-14(11-18)13(10-17)19-15(16(20)21-4-2)12-8-6-5-7-9-12/h5-9,16H,3-4H2,1-2H3. The number of aliphatic imine (C=N–C) groups is 1. The molecular weight excluding hydrogens is 264 g/mol. The lowest BCUT2D eigenvalue weighted by molar-refractivity contribution is 0.0132. The van der Waals surface area contributed by atoms with Crippen molar-refractivity contribution in [2.24, 2.45) is 4.99 Å². The van der Waals surface area contributed by atoms with Crippen molar-refractivity contribution in [3.63, 3.8) is 0 Å². The minimum Gasteiger partial charge on any atom is -0.353 e. The third-order valence-electron chi connectivity index (χ3n) is 3.21. The topological polar surface area (TPSA) is 72.4 Å². The lowest BCUT2D eigenvalue weighted by atomic mass is 10.1. The molecular formula is C16H16N4O. The van der Waals surface area contributed by atoms with Gasteiger partial charge in [-0.1, -0.05) is 30.3 Å². The molecule has 0 spiro atoms. The van der Waals surface area contributed by atoms with Gasteiger partial charge in [0.15, 0.2) is 17.6 Å². The molecule has 5 nitrogen and oxygen atoms in total. The Kier molecular flexibility index (Phi) is 4.71. The zero-order valence-corrected chi connectivity index (χ0v) is 12.1. The molecule has 21 heavy (non-hydrogen) atoms. The van der Waals surface area contributed by atoms with E-state index in [2.05, 4.69) is 11.1 Å². The smallest absolute Gasteiger partial charge is 0.175 e. The zero-order chi connectivity index (χ0) is 15.2. The molecule has 1 atom stereocenters. The Bertz CT molecular complexity index is 649. The molecule has 0 saturated heterocycles. The van der Waals surface area contributed by atoms with Gasteiger partial charge >= 0.3 is 0 Å². The Morgan fingerprint density at radius 1 is 1.19 bits per heavy atom. The lowest BCUT2D eigenvalue weighted by Crippen LogP contribution is -2.45. The number of nitrogens with zero attached hydrogens (tertiary/aromatic N) is 4.